The molecule has 1 aliphatic heterocycles. The second kappa shape index (κ2) is 5.77. The fourth-order valence-electron chi connectivity index (χ4n) is 2.87. The van der Waals surface area contributed by atoms with Gasteiger partial charge in [0.1, 0.15) is 17.6 Å². The van der Waals surface area contributed by atoms with E-state index in [9.17, 15) is 0 Å². The zero-order chi connectivity index (χ0) is 14.8. The molecule has 0 amide bonds. The summed E-state index contributed by atoms with van der Waals surface area (Å²) in [6.45, 7) is 3.05. The molecule has 0 saturated heterocycles. The maximum Gasteiger partial charge on any atom is 0.142 e. The van der Waals surface area contributed by atoms with Crippen molar-refractivity contribution in [3.8, 4) is 11.5 Å². The number of rotatable bonds is 4. The van der Waals surface area contributed by atoms with Gasteiger partial charge in [-0.15, -0.1) is 0 Å². The molecule has 2 aromatic rings. The van der Waals surface area contributed by atoms with Gasteiger partial charge in [0.05, 0.1) is 25.3 Å². The van der Waals surface area contributed by atoms with E-state index in [1.54, 1.807) is 7.11 Å². The molecule has 1 aliphatic rings. The number of aryl methyl sites for hydroxylation is 1. The quantitative estimate of drug-likeness (QED) is 0.939. The third-order valence-corrected chi connectivity index (χ3v) is 3.95. The van der Waals surface area contributed by atoms with E-state index < -0.39 is 0 Å². The number of ether oxygens (including phenoxy) is 2. The minimum Gasteiger partial charge on any atom is -0.497 e. The molecule has 5 nitrogen and oxygen atoms in total. The Hall–Kier alpha value is -2.01. The van der Waals surface area contributed by atoms with Crippen LogP contribution in [0.15, 0.2) is 30.7 Å². The van der Waals surface area contributed by atoms with E-state index in [1.165, 1.54) is 5.56 Å². The molecule has 0 bridgehead atoms. The first-order valence-corrected chi connectivity index (χ1v) is 7.27. The van der Waals surface area contributed by atoms with Gasteiger partial charge in [-0.1, -0.05) is 13.0 Å². The number of benzene rings is 1. The van der Waals surface area contributed by atoms with Gasteiger partial charge in [-0.3, -0.25) is 0 Å². The van der Waals surface area contributed by atoms with Crippen LogP contribution < -0.4 is 14.8 Å². The Kier molecular flexibility index (Phi) is 3.84. The molecule has 0 fully saturated rings. The Morgan fingerprint density at radius 1 is 1.48 bits per heavy atom. The van der Waals surface area contributed by atoms with Crippen molar-refractivity contribution in [2.75, 3.05) is 13.7 Å². The summed E-state index contributed by atoms with van der Waals surface area (Å²) in [5.74, 6) is 1.70. The van der Waals surface area contributed by atoms with Crippen LogP contribution >= 0.6 is 0 Å². The van der Waals surface area contributed by atoms with Crippen LogP contribution in [0, 0.1) is 0 Å². The molecule has 1 N–H and O–H groups in total. The van der Waals surface area contributed by atoms with Crippen molar-refractivity contribution >= 4 is 0 Å². The lowest BCUT2D eigenvalue weighted by Crippen LogP contribution is -2.29. The largest absolute Gasteiger partial charge is 0.497 e. The van der Waals surface area contributed by atoms with Gasteiger partial charge in [0.2, 0.25) is 0 Å². The van der Waals surface area contributed by atoms with Crippen molar-refractivity contribution < 1.29 is 9.47 Å². The number of hydrogen-bond donors (Lipinski definition) is 1. The second-order valence-corrected chi connectivity index (χ2v) is 5.29. The second-order valence-electron chi connectivity index (χ2n) is 5.29. The highest BCUT2D eigenvalue weighted by Crippen LogP contribution is 2.42. The summed E-state index contributed by atoms with van der Waals surface area (Å²) in [6.07, 6.45) is 4.58. The zero-order valence-electron chi connectivity index (χ0n) is 12.7. The van der Waals surface area contributed by atoms with E-state index in [0.717, 1.165) is 30.2 Å². The predicted octanol–water partition coefficient (Wildman–Crippen LogP) is 2.60. The number of imidazole rings is 1. The van der Waals surface area contributed by atoms with Crippen LogP contribution in [-0.2, 0) is 7.05 Å². The normalized spacial score (nSPS) is 20.7. The number of aromatic nitrogens is 2. The lowest BCUT2D eigenvalue weighted by atomic mass is 9.95. The number of hydrogen-bond acceptors (Lipinski definition) is 4. The van der Waals surface area contributed by atoms with Gasteiger partial charge in [0.15, 0.2) is 0 Å². The lowest BCUT2D eigenvalue weighted by molar-refractivity contribution is 0.144. The molecule has 3 rings (SSSR count). The van der Waals surface area contributed by atoms with Crippen molar-refractivity contribution in [3.63, 3.8) is 0 Å². The minimum atomic E-state index is 0.00107. The fourth-order valence-corrected chi connectivity index (χ4v) is 2.87. The first kappa shape index (κ1) is 13.9. The summed E-state index contributed by atoms with van der Waals surface area (Å²) in [5, 5.41) is 3.54. The Morgan fingerprint density at radius 3 is 3.00 bits per heavy atom. The first-order chi connectivity index (χ1) is 10.2. The SMILES string of the molecule is CCNC1CC(c2cncn2C)Oc2cc(OC)ccc21. The van der Waals surface area contributed by atoms with Crippen LogP contribution in [0.5, 0.6) is 11.5 Å². The molecule has 2 unspecified atom stereocenters. The molecule has 0 spiro atoms. The monoisotopic (exact) mass is 287 g/mol. The third-order valence-electron chi connectivity index (χ3n) is 3.95. The molecule has 1 aromatic heterocycles. The third kappa shape index (κ3) is 2.61. The standard InChI is InChI=1S/C16H21N3O2/c1-4-18-13-8-16(14-9-17-10-19(14)2)21-15-7-11(20-3)5-6-12(13)15/h5-7,9-10,13,16,18H,4,8H2,1-3H3. The van der Waals surface area contributed by atoms with Gasteiger partial charge in [-0.25, -0.2) is 4.98 Å². The zero-order valence-corrected chi connectivity index (χ0v) is 12.7. The van der Waals surface area contributed by atoms with Crippen LogP contribution in [-0.4, -0.2) is 23.2 Å². The van der Waals surface area contributed by atoms with Crippen LogP contribution in [0.25, 0.3) is 0 Å². The summed E-state index contributed by atoms with van der Waals surface area (Å²) in [6, 6.07) is 6.31. The average molecular weight is 287 g/mol. The van der Waals surface area contributed by atoms with Gasteiger partial charge < -0.3 is 19.4 Å². The van der Waals surface area contributed by atoms with Crippen molar-refractivity contribution in [3.05, 3.63) is 42.0 Å². The van der Waals surface area contributed by atoms with Crippen LogP contribution in [0.2, 0.25) is 0 Å². The van der Waals surface area contributed by atoms with Crippen molar-refractivity contribution in [2.24, 2.45) is 7.05 Å². The summed E-state index contributed by atoms with van der Waals surface area (Å²) in [7, 11) is 3.67. The topological polar surface area (TPSA) is 48.3 Å². The van der Waals surface area contributed by atoms with Gasteiger partial charge in [-0.05, 0) is 12.6 Å². The molecular weight excluding hydrogens is 266 g/mol. The Morgan fingerprint density at radius 2 is 2.33 bits per heavy atom. The highest BCUT2D eigenvalue weighted by Gasteiger charge is 2.30. The van der Waals surface area contributed by atoms with E-state index in [4.69, 9.17) is 9.47 Å². The molecular formula is C16H21N3O2. The molecule has 112 valence electrons. The van der Waals surface area contributed by atoms with Crippen LogP contribution in [0.3, 0.4) is 0 Å². The van der Waals surface area contributed by atoms with Gasteiger partial charge in [0, 0.05) is 31.1 Å². The maximum absolute atomic E-state index is 6.20. The molecule has 21 heavy (non-hydrogen) atoms. The summed E-state index contributed by atoms with van der Waals surface area (Å²) in [4.78, 5) is 4.20. The molecule has 2 atom stereocenters. The van der Waals surface area contributed by atoms with Gasteiger partial charge in [0.25, 0.3) is 0 Å². The van der Waals surface area contributed by atoms with Gasteiger partial charge >= 0.3 is 0 Å². The highest BCUT2D eigenvalue weighted by molar-refractivity contribution is 5.44. The van der Waals surface area contributed by atoms with E-state index in [1.807, 2.05) is 36.3 Å². The Labute approximate surface area is 124 Å². The highest BCUT2D eigenvalue weighted by atomic mass is 16.5. The number of fused-ring (bicyclic) bond motifs is 1. The molecule has 1 aromatic carbocycles. The molecule has 5 heteroatoms. The van der Waals surface area contributed by atoms with Crippen molar-refractivity contribution in [1.82, 2.24) is 14.9 Å². The van der Waals surface area contributed by atoms with E-state index in [-0.39, 0.29) is 12.1 Å². The fraction of sp³-hybridized carbons (Fsp3) is 0.438. The predicted molar refractivity (Wildman–Crippen MR) is 80.6 cm³/mol. The molecule has 2 heterocycles. The summed E-state index contributed by atoms with van der Waals surface area (Å²) in [5.41, 5.74) is 2.28. The molecule has 0 radical (unpaired) electrons. The van der Waals surface area contributed by atoms with E-state index in [2.05, 4.69) is 23.3 Å². The summed E-state index contributed by atoms with van der Waals surface area (Å²) >= 11 is 0. The van der Waals surface area contributed by atoms with E-state index >= 15 is 0 Å². The van der Waals surface area contributed by atoms with Gasteiger partial charge in [-0.2, -0.15) is 0 Å². The average Bonchev–Trinajstić information content (AvgIpc) is 2.93. The molecule has 0 aliphatic carbocycles. The van der Waals surface area contributed by atoms with E-state index in [0.29, 0.717) is 0 Å². The lowest BCUT2D eigenvalue weighted by Gasteiger charge is -2.33. The number of nitrogens with zero attached hydrogens (tertiary/aromatic N) is 2. The smallest absolute Gasteiger partial charge is 0.142 e. The maximum atomic E-state index is 6.20. The summed E-state index contributed by atoms with van der Waals surface area (Å²) < 4.78 is 13.5. The minimum absolute atomic E-state index is 0.00107. The van der Waals surface area contributed by atoms with Crippen molar-refractivity contribution in [2.45, 2.75) is 25.5 Å². The number of nitrogens with one attached hydrogen (secondary N) is 1. The Balaban J connectivity index is 1.97. The van der Waals surface area contributed by atoms with Crippen LogP contribution in [0.4, 0.5) is 0 Å². The first-order valence-electron chi connectivity index (χ1n) is 7.27. The van der Waals surface area contributed by atoms with Crippen LogP contribution in [0.1, 0.15) is 36.7 Å². The molecule has 0 saturated carbocycles. The number of methoxy groups -OCH3 is 1. The Bertz CT molecular complexity index is 624. The van der Waals surface area contributed by atoms with Crippen molar-refractivity contribution in [1.29, 1.82) is 0 Å².